The summed E-state index contributed by atoms with van der Waals surface area (Å²) in [5, 5.41) is 0. The Labute approximate surface area is 91.0 Å². The summed E-state index contributed by atoms with van der Waals surface area (Å²) in [6.45, 7) is 4.51. The molecule has 0 aliphatic rings. The summed E-state index contributed by atoms with van der Waals surface area (Å²) in [5.41, 5.74) is 0. The first-order valence-electron chi connectivity index (χ1n) is 4.73. The topological polar surface area (TPSA) is 27.1 Å². The van der Waals surface area contributed by atoms with Crippen LogP contribution in [0.5, 0.6) is 0 Å². The van der Waals surface area contributed by atoms with Crippen molar-refractivity contribution in [2.24, 2.45) is 0 Å². The molecule has 0 amide bonds. The minimum absolute atomic E-state index is 0.994. The van der Waals surface area contributed by atoms with Crippen molar-refractivity contribution in [3.8, 4) is 0 Å². The molecule has 0 bridgehead atoms. The van der Waals surface area contributed by atoms with Gasteiger partial charge in [-0.2, -0.15) is 0 Å². The smallest absolute Gasteiger partial charge is 0.187 e. The third kappa shape index (κ3) is 4.30. The van der Waals surface area contributed by atoms with E-state index in [0.29, 0.717) is 0 Å². The number of hydrogen-bond donors (Lipinski definition) is 0. The monoisotopic (exact) mass is 230 g/mol. The first-order chi connectivity index (χ1) is 6.64. The van der Waals surface area contributed by atoms with Crippen LogP contribution in [-0.2, 0) is 10.3 Å². The first kappa shape index (κ1) is 11.8. The van der Waals surface area contributed by atoms with Gasteiger partial charge in [-0.3, -0.25) is 0 Å². The first-order valence-corrected chi connectivity index (χ1v) is 9.00. The van der Waals surface area contributed by atoms with Crippen LogP contribution in [0.15, 0.2) is 18.7 Å². The highest BCUT2D eigenvalue weighted by molar-refractivity contribution is 7.98. The molecule has 14 heavy (non-hydrogen) atoms. The van der Waals surface area contributed by atoms with E-state index in [1.807, 2.05) is 37.6 Å². The lowest BCUT2D eigenvalue weighted by molar-refractivity contribution is 0.405. The van der Waals surface area contributed by atoms with Crippen LogP contribution in [0, 0.1) is 0 Å². The number of nitrogens with zero attached hydrogens (tertiary/aromatic N) is 2. The zero-order chi connectivity index (χ0) is 10.4. The lowest BCUT2D eigenvalue weighted by atomic mass is 10.9. The van der Waals surface area contributed by atoms with E-state index in [1.165, 1.54) is 11.8 Å². The van der Waals surface area contributed by atoms with E-state index >= 15 is 0 Å². The summed E-state index contributed by atoms with van der Waals surface area (Å²) in [7, 11) is 0.481. The summed E-state index contributed by atoms with van der Waals surface area (Å²) < 4.78 is 7.57. The molecule has 1 rings (SSSR count). The predicted octanol–water partition coefficient (Wildman–Crippen LogP) is 2.43. The molecule has 1 heterocycles. The molecule has 1 aromatic heterocycles. The Morgan fingerprint density at radius 3 is 2.86 bits per heavy atom. The molecule has 0 aliphatic carbocycles. The third-order valence-corrected chi connectivity index (χ3v) is 6.10. The van der Waals surface area contributed by atoms with E-state index < -0.39 is 8.32 Å². The van der Waals surface area contributed by atoms with Gasteiger partial charge in [0.05, 0.1) is 12.2 Å². The van der Waals surface area contributed by atoms with Crippen LogP contribution in [0.2, 0.25) is 19.1 Å². The molecule has 3 nitrogen and oxygen atoms in total. The Morgan fingerprint density at radius 1 is 1.50 bits per heavy atom. The highest BCUT2D eigenvalue weighted by atomic mass is 32.2. The van der Waals surface area contributed by atoms with Crippen molar-refractivity contribution >= 4 is 20.1 Å². The summed E-state index contributed by atoms with van der Waals surface area (Å²) >= 11 is 1.93. The molecular formula is C9H18N2OSSi. The van der Waals surface area contributed by atoms with Crippen molar-refractivity contribution < 1.29 is 4.43 Å². The van der Waals surface area contributed by atoms with Gasteiger partial charge in [-0.05, 0) is 24.9 Å². The van der Waals surface area contributed by atoms with Crippen molar-refractivity contribution in [3.63, 3.8) is 0 Å². The van der Waals surface area contributed by atoms with E-state index in [9.17, 15) is 0 Å². The molecule has 0 fully saturated rings. The fourth-order valence-corrected chi connectivity index (χ4v) is 4.19. The molecule has 0 saturated carbocycles. The number of imidazole rings is 1. The molecule has 0 saturated heterocycles. The predicted molar refractivity (Wildman–Crippen MR) is 64.0 cm³/mol. The van der Waals surface area contributed by atoms with Gasteiger partial charge < -0.3 is 8.99 Å². The van der Waals surface area contributed by atoms with E-state index in [-0.39, 0.29) is 0 Å². The molecule has 5 heteroatoms. The van der Waals surface area contributed by atoms with Gasteiger partial charge >= 0.3 is 0 Å². The van der Waals surface area contributed by atoms with Gasteiger partial charge in [0, 0.05) is 19.5 Å². The second kappa shape index (κ2) is 5.58. The van der Waals surface area contributed by atoms with Crippen molar-refractivity contribution in [3.05, 3.63) is 18.7 Å². The quantitative estimate of drug-likeness (QED) is 0.555. The molecular weight excluding hydrogens is 212 g/mol. The summed E-state index contributed by atoms with van der Waals surface area (Å²) in [6, 6.07) is 1.21. The Hall–Kier alpha value is -0.263. The van der Waals surface area contributed by atoms with Gasteiger partial charge in [0.15, 0.2) is 8.32 Å². The molecule has 80 valence electrons. The van der Waals surface area contributed by atoms with Crippen LogP contribution >= 0.6 is 11.8 Å². The molecule has 0 radical (unpaired) electrons. The Morgan fingerprint density at radius 2 is 2.29 bits per heavy atom. The fourth-order valence-electron chi connectivity index (χ4n) is 0.953. The van der Waals surface area contributed by atoms with Gasteiger partial charge in [0.25, 0.3) is 0 Å². The largest absolute Gasteiger partial charge is 0.420 e. The van der Waals surface area contributed by atoms with Crippen molar-refractivity contribution in [1.29, 1.82) is 0 Å². The van der Waals surface area contributed by atoms with Crippen LogP contribution in [0.4, 0.5) is 0 Å². The van der Waals surface area contributed by atoms with Crippen LogP contribution in [0.25, 0.3) is 0 Å². The Bertz CT molecular complexity index is 251. The maximum atomic E-state index is 5.48. The average Bonchev–Trinajstić information content (AvgIpc) is 2.65. The van der Waals surface area contributed by atoms with Crippen LogP contribution in [-0.4, -0.2) is 30.7 Å². The number of rotatable bonds is 6. The van der Waals surface area contributed by atoms with Crippen molar-refractivity contribution in [1.82, 2.24) is 9.55 Å². The zero-order valence-corrected chi connectivity index (χ0v) is 10.9. The van der Waals surface area contributed by atoms with Crippen molar-refractivity contribution in [2.75, 3.05) is 12.9 Å². The zero-order valence-electron chi connectivity index (χ0n) is 9.06. The van der Waals surface area contributed by atoms with Gasteiger partial charge in [-0.25, -0.2) is 4.98 Å². The normalized spacial score (nSPS) is 11.9. The molecule has 1 aromatic rings. The molecule has 0 aromatic carbocycles. The Balaban J connectivity index is 2.11. The van der Waals surface area contributed by atoms with Gasteiger partial charge in [-0.15, -0.1) is 11.8 Å². The average molecular weight is 230 g/mol. The maximum absolute atomic E-state index is 5.48. The van der Waals surface area contributed by atoms with E-state index in [2.05, 4.69) is 22.6 Å². The molecule has 0 atom stereocenters. The lowest BCUT2D eigenvalue weighted by Gasteiger charge is -2.19. The summed E-state index contributed by atoms with van der Waals surface area (Å²) in [5.74, 6) is 2.17. The van der Waals surface area contributed by atoms with E-state index in [0.717, 1.165) is 5.88 Å². The van der Waals surface area contributed by atoms with Crippen LogP contribution in [0.3, 0.4) is 0 Å². The minimum Gasteiger partial charge on any atom is -0.420 e. The van der Waals surface area contributed by atoms with E-state index in [1.54, 1.807) is 0 Å². The van der Waals surface area contributed by atoms with Gasteiger partial charge in [0.2, 0.25) is 0 Å². The van der Waals surface area contributed by atoms with Gasteiger partial charge in [0.1, 0.15) is 0 Å². The molecule has 0 N–H and O–H groups in total. The standard InChI is InChI=1S/C9H18N2OSSi/c1-12-14(2,3)7-6-13-9-11-5-4-10-8-11/h4-5,8H,6-7,9H2,1-3H3. The maximum Gasteiger partial charge on any atom is 0.187 e. The molecule has 0 unspecified atom stereocenters. The molecule has 0 spiro atoms. The number of thioether (sulfide) groups is 1. The van der Waals surface area contributed by atoms with E-state index in [4.69, 9.17) is 4.43 Å². The minimum atomic E-state index is -1.35. The highest BCUT2D eigenvalue weighted by Crippen LogP contribution is 2.15. The highest BCUT2D eigenvalue weighted by Gasteiger charge is 2.19. The second-order valence-electron chi connectivity index (χ2n) is 3.83. The van der Waals surface area contributed by atoms with Crippen LogP contribution in [0.1, 0.15) is 0 Å². The summed E-state index contributed by atoms with van der Waals surface area (Å²) in [6.07, 6.45) is 5.66. The van der Waals surface area contributed by atoms with Crippen LogP contribution < -0.4 is 0 Å². The fraction of sp³-hybridized carbons (Fsp3) is 0.667. The third-order valence-electron chi connectivity index (χ3n) is 2.20. The molecule has 0 aliphatic heterocycles. The lowest BCUT2D eigenvalue weighted by Crippen LogP contribution is -2.28. The second-order valence-corrected chi connectivity index (χ2v) is 9.33. The Kier molecular flexibility index (Phi) is 4.70. The summed E-state index contributed by atoms with van der Waals surface area (Å²) in [4.78, 5) is 4.00. The number of hydrogen-bond acceptors (Lipinski definition) is 3. The SMILES string of the molecule is CO[Si](C)(C)CCSCn1ccnc1. The van der Waals surface area contributed by atoms with Gasteiger partial charge in [-0.1, -0.05) is 0 Å². The van der Waals surface area contributed by atoms with Crippen molar-refractivity contribution in [2.45, 2.75) is 25.0 Å². The number of aromatic nitrogens is 2.